The van der Waals surface area contributed by atoms with Crippen molar-refractivity contribution in [2.24, 2.45) is 5.41 Å². The van der Waals surface area contributed by atoms with Gasteiger partial charge in [-0.2, -0.15) is 0 Å². The average molecular weight is 396 g/mol. The molecule has 0 aromatic carbocycles. The van der Waals surface area contributed by atoms with Gasteiger partial charge in [0.25, 0.3) is 5.91 Å². The molecule has 2 atom stereocenters. The smallest absolute Gasteiger partial charge is 0.386 e. The molecule has 1 heterocycles. The molecule has 1 aliphatic heterocycles. The van der Waals surface area contributed by atoms with Crippen LogP contribution < -0.4 is 10.6 Å². The number of carbonyl (C=O) groups is 3. The lowest BCUT2D eigenvalue weighted by Crippen LogP contribution is -2.49. The lowest BCUT2D eigenvalue weighted by Gasteiger charge is -2.33. The molecule has 1 rings (SSSR count). The van der Waals surface area contributed by atoms with Gasteiger partial charge in [0.15, 0.2) is 6.10 Å². The van der Waals surface area contributed by atoms with E-state index in [-0.39, 0.29) is 44.2 Å². The molecule has 2 amide bonds. The van der Waals surface area contributed by atoms with E-state index in [0.29, 0.717) is 11.4 Å². The van der Waals surface area contributed by atoms with Crippen LogP contribution in [0.15, 0.2) is 0 Å². The van der Waals surface area contributed by atoms with Crippen molar-refractivity contribution in [2.45, 2.75) is 39.7 Å². The summed E-state index contributed by atoms with van der Waals surface area (Å²) in [5.41, 5.74) is -1.04. The number of rotatable bonds is 2. The third kappa shape index (κ3) is 7.77. The Bertz CT molecular complexity index is 555. The Morgan fingerprint density at radius 1 is 1.40 bits per heavy atom. The maximum absolute atomic E-state index is 12.4. The zero-order valence-corrected chi connectivity index (χ0v) is 16.3. The zero-order valence-electron chi connectivity index (χ0n) is 14.6. The van der Waals surface area contributed by atoms with E-state index >= 15 is 0 Å². The summed E-state index contributed by atoms with van der Waals surface area (Å²) >= 11 is 0.694. The molecule has 0 aromatic rings. The zero-order chi connectivity index (χ0) is 19.1. The fourth-order valence-corrected chi connectivity index (χ4v) is 4.32. The van der Waals surface area contributed by atoms with E-state index in [4.69, 9.17) is 9.26 Å². The van der Waals surface area contributed by atoms with E-state index in [1.54, 1.807) is 20.8 Å². The van der Waals surface area contributed by atoms with Crippen LogP contribution in [0.2, 0.25) is 0 Å². The Hall–Kier alpha value is -1.09. The Morgan fingerprint density at radius 3 is 2.72 bits per heavy atom. The van der Waals surface area contributed by atoms with E-state index < -0.39 is 30.2 Å². The predicted octanol–water partition coefficient (Wildman–Crippen LogP) is 0.821. The highest BCUT2D eigenvalue weighted by atomic mass is 32.7. The molecule has 11 heteroatoms. The minimum absolute atomic E-state index is 0.0541. The van der Waals surface area contributed by atoms with Crippen molar-refractivity contribution in [1.82, 2.24) is 10.6 Å². The molecule has 9 nitrogen and oxygen atoms in total. The third-order valence-corrected chi connectivity index (χ3v) is 6.43. The van der Waals surface area contributed by atoms with Crippen LogP contribution in [0.4, 0.5) is 0 Å². The minimum Gasteiger partial charge on any atom is -0.452 e. The van der Waals surface area contributed by atoms with E-state index in [2.05, 4.69) is 10.6 Å². The number of carbonyl (C=O) groups excluding carboxylic acids is 3. The monoisotopic (exact) mass is 396 g/mol. The molecule has 0 saturated carbocycles. The van der Waals surface area contributed by atoms with Gasteiger partial charge in [0, 0.05) is 37.1 Å². The number of hydrogen-bond donors (Lipinski definition) is 3. The van der Waals surface area contributed by atoms with E-state index in [0.717, 1.165) is 0 Å². The number of amides is 2. The standard InChI is InChI=1S/C14H25N2O7PS/c1-4-11(18)23-12-13(19)16-6-5-10(17)15-7-8-25-24(20,21)22-9-14(12,2)3/h12H,4-9H2,1-3H3,(H,15,17)(H,16,19)(H,20,21)/t12-/m0/s1. The van der Waals surface area contributed by atoms with Gasteiger partial charge in [-0.25, -0.2) is 4.57 Å². The first-order valence-electron chi connectivity index (χ1n) is 7.93. The van der Waals surface area contributed by atoms with Crippen LogP contribution in [0.25, 0.3) is 0 Å². The second kappa shape index (κ2) is 9.56. The summed E-state index contributed by atoms with van der Waals surface area (Å²) < 4.78 is 22.3. The van der Waals surface area contributed by atoms with Crippen molar-refractivity contribution in [3.05, 3.63) is 0 Å². The quantitative estimate of drug-likeness (QED) is 0.462. The first-order chi connectivity index (χ1) is 11.6. The molecular weight excluding hydrogens is 371 g/mol. The largest absolute Gasteiger partial charge is 0.452 e. The first kappa shape index (κ1) is 22.0. The molecule has 1 unspecified atom stereocenters. The maximum atomic E-state index is 12.4. The molecule has 0 aliphatic carbocycles. The molecule has 0 radical (unpaired) electrons. The van der Waals surface area contributed by atoms with Gasteiger partial charge in [0.05, 0.1) is 6.61 Å². The SMILES string of the molecule is CCC(=O)O[C@H]1C(=O)NCCC(=O)NCCSP(=O)(O)OCC1(C)C. The molecule has 1 saturated heterocycles. The molecule has 0 spiro atoms. The Labute approximate surface area is 150 Å². The van der Waals surface area contributed by atoms with Gasteiger partial charge in [0.2, 0.25) is 5.91 Å². The van der Waals surface area contributed by atoms with Crippen molar-refractivity contribution in [3.63, 3.8) is 0 Å². The summed E-state index contributed by atoms with van der Waals surface area (Å²) in [6, 6.07) is 0. The summed E-state index contributed by atoms with van der Waals surface area (Å²) in [5.74, 6) is -1.25. The summed E-state index contributed by atoms with van der Waals surface area (Å²) in [4.78, 5) is 45.5. The van der Waals surface area contributed by atoms with Gasteiger partial charge in [-0.3, -0.25) is 14.4 Å². The summed E-state index contributed by atoms with van der Waals surface area (Å²) in [7, 11) is 0. The number of hydrogen-bond acceptors (Lipinski definition) is 7. The molecule has 25 heavy (non-hydrogen) atoms. The Morgan fingerprint density at radius 2 is 2.08 bits per heavy atom. The van der Waals surface area contributed by atoms with Crippen molar-refractivity contribution in [2.75, 3.05) is 25.4 Å². The van der Waals surface area contributed by atoms with Crippen LogP contribution in [0.1, 0.15) is 33.6 Å². The number of ether oxygens (including phenoxy) is 1. The van der Waals surface area contributed by atoms with Gasteiger partial charge < -0.3 is 24.8 Å². The maximum Gasteiger partial charge on any atom is 0.386 e. The molecule has 1 fully saturated rings. The molecule has 0 aromatic heterocycles. The van der Waals surface area contributed by atoms with Gasteiger partial charge in [-0.1, -0.05) is 20.8 Å². The summed E-state index contributed by atoms with van der Waals surface area (Å²) in [5, 5.41) is 5.13. The summed E-state index contributed by atoms with van der Waals surface area (Å²) in [6.45, 7) is 0.887. The van der Waals surface area contributed by atoms with Crippen LogP contribution in [0, 0.1) is 5.41 Å². The Kier molecular flexibility index (Phi) is 8.40. The second-order valence-corrected chi connectivity index (χ2v) is 10.2. The third-order valence-electron chi connectivity index (χ3n) is 3.42. The number of esters is 1. The average Bonchev–Trinajstić information content (AvgIpc) is 2.53. The van der Waals surface area contributed by atoms with Crippen LogP contribution in [0.3, 0.4) is 0 Å². The van der Waals surface area contributed by atoms with Gasteiger partial charge >= 0.3 is 12.8 Å². The van der Waals surface area contributed by atoms with E-state index in [9.17, 15) is 23.8 Å². The van der Waals surface area contributed by atoms with Crippen LogP contribution >= 0.6 is 18.2 Å². The van der Waals surface area contributed by atoms with Gasteiger partial charge in [0.1, 0.15) is 0 Å². The second-order valence-electron chi connectivity index (χ2n) is 6.18. The normalized spacial score (nSPS) is 29.0. The molecule has 3 N–H and O–H groups in total. The fourth-order valence-electron chi connectivity index (χ4n) is 1.98. The highest BCUT2D eigenvalue weighted by molar-refractivity contribution is 8.54. The van der Waals surface area contributed by atoms with Crippen molar-refractivity contribution < 1.29 is 33.1 Å². The topological polar surface area (TPSA) is 131 Å². The fraction of sp³-hybridized carbons (Fsp3) is 0.786. The van der Waals surface area contributed by atoms with Gasteiger partial charge in [-0.15, -0.1) is 0 Å². The van der Waals surface area contributed by atoms with Crippen molar-refractivity contribution in [3.8, 4) is 0 Å². The summed E-state index contributed by atoms with van der Waals surface area (Å²) in [6.07, 6.45) is -1.08. The van der Waals surface area contributed by atoms with Crippen LogP contribution in [0.5, 0.6) is 0 Å². The molecule has 1 aliphatic rings. The van der Waals surface area contributed by atoms with Crippen LogP contribution in [-0.2, 0) is 28.2 Å². The Balaban J connectivity index is 2.98. The van der Waals surface area contributed by atoms with Crippen molar-refractivity contribution >= 4 is 36.0 Å². The minimum atomic E-state index is -3.96. The lowest BCUT2D eigenvalue weighted by molar-refractivity contribution is -0.164. The number of nitrogens with one attached hydrogen (secondary N) is 2. The van der Waals surface area contributed by atoms with E-state index in [1.165, 1.54) is 0 Å². The predicted molar refractivity (Wildman–Crippen MR) is 92.8 cm³/mol. The lowest BCUT2D eigenvalue weighted by atomic mass is 9.86. The first-order valence-corrected chi connectivity index (χ1v) is 11.1. The van der Waals surface area contributed by atoms with E-state index in [1.807, 2.05) is 0 Å². The van der Waals surface area contributed by atoms with Crippen molar-refractivity contribution in [1.29, 1.82) is 0 Å². The molecule has 144 valence electrons. The molecule has 0 bridgehead atoms. The molecular formula is C14H25N2O7PS. The van der Waals surface area contributed by atoms with Gasteiger partial charge in [-0.05, 0) is 11.4 Å². The highest BCUT2D eigenvalue weighted by Crippen LogP contribution is 2.56. The highest BCUT2D eigenvalue weighted by Gasteiger charge is 2.40. The van der Waals surface area contributed by atoms with Crippen LogP contribution in [-0.4, -0.2) is 54.2 Å².